The summed E-state index contributed by atoms with van der Waals surface area (Å²) in [5.74, 6) is -0.665. The van der Waals surface area contributed by atoms with Crippen molar-refractivity contribution < 1.29 is 17.6 Å². The highest BCUT2D eigenvalue weighted by Crippen LogP contribution is 2.34. The van der Waals surface area contributed by atoms with E-state index in [1.165, 1.54) is 35.6 Å². The van der Waals surface area contributed by atoms with Crippen LogP contribution in [0.4, 0.5) is 10.1 Å². The normalized spacial score (nSPS) is 14.3. The minimum Gasteiger partial charge on any atom is -0.338 e. The molecule has 0 spiro atoms. The standard InChI is InChI=1S/C19H18FN3O3S3/c1-12-17(19(24)23-8-4-5-9-23)28-18(21-12)13-10-16(27-11-13)29(25,26)22-15-7-3-2-6-14(15)20/h2-3,6-7,10-11,22H,4-5,8-9H2,1H3. The fourth-order valence-electron chi connectivity index (χ4n) is 3.09. The molecule has 3 aromatic rings. The van der Waals surface area contributed by atoms with Gasteiger partial charge in [0.05, 0.1) is 11.4 Å². The maximum Gasteiger partial charge on any atom is 0.271 e. The second kappa shape index (κ2) is 7.85. The Morgan fingerprint density at radius 3 is 2.69 bits per heavy atom. The molecule has 0 atom stereocenters. The van der Waals surface area contributed by atoms with Gasteiger partial charge < -0.3 is 4.90 Å². The first kappa shape index (κ1) is 20.0. The summed E-state index contributed by atoms with van der Waals surface area (Å²) in [5.41, 5.74) is 1.16. The third-order valence-electron chi connectivity index (χ3n) is 4.59. The lowest BCUT2D eigenvalue weighted by molar-refractivity contribution is 0.0796. The van der Waals surface area contributed by atoms with Crippen molar-refractivity contribution in [3.05, 3.63) is 52.1 Å². The van der Waals surface area contributed by atoms with Gasteiger partial charge in [-0.15, -0.1) is 22.7 Å². The van der Waals surface area contributed by atoms with E-state index >= 15 is 0 Å². The number of thiophene rings is 1. The van der Waals surface area contributed by atoms with Crippen LogP contribution in [0.1, 0.15) is 28.2 Å². The number of nitrogens with zero attached hydrogens (tertiary/aromatic N) is 2. The Morgan fingerprint density at radius 2 is 1.97 bits per heavy atom. The molecule has 0 radical (unpaired) electrons. The maximum atomic E-state index is 13.8. The van der Waals surface area contributed by atoms with Gasteiger partial charge in [0.25, 0.3) is 15.9 Å². The Bertz CT molecular complexity index is 1160. The summed E-state index contributed by atoms with van der Waals surface area (Å²) in [5, 5.41) is 2.27. The number of likely N-dealkylation sites (tertiary alicyclic amines) is 1. The molecule has 1 saturated heterocycles. The lowest BCUT2D eigenvalue weighted by atomic mass is 10.3. The number of amides is 1. The molecule has 4 rings (SSSR count). The van der Waals surface area contributed by atoms with Crippen LogP contribution < -0.4 is 4.72 Å². The van der Waals surface area contributed by atoms with Crippen molar-refractivity contribution in [2.24, 2.45) is 0 Å². The van der Waals surface area contributed by atoms with E-state index < -0.39 is 15.8 Å². The van der Waals surface area contributed by atoms with Gasteiger partial charge in [-0.25, -0.2) is 17.8 Å². The highest BCUT2D eigenvalue weighted by molar-refractivity contribution is 7.94. The molecule has 1 aliphatic rings. The fourth-order valence-corrected chi connectivity index (χ4v) is 6.42. The summed E-state index contributed by atoms with van der Waals surface area (Å²) < 4.78 is 41.3. The largest absolute Gasteiger partial charge is 0.338 e. The Balaban J connectivity index is 1.58. The number of thiazole rings is 1. The minimum atomic E-state index is -3.93. The van der Waals surface area contributed by atoms with E-state index in [-0.39, 0.29) is 15.8 Å². The molecule has 0 unspecified atom stereocenters. The number of carbonyl (C=O) groups excluding carboxylic acids is 1. The van der Waals surface area contributed by atoms with E-state index in [1.807, 2.05) is 4.90 Å². The Labute approximate surface area is 176 Å². The zero-order valence-corrected chi connectivity index (χ0v) is 18.0. The number of halogens is 1. The maximum absolute atomic E-state index is 13.8. The van der Waals surface area contributed by atoms with Crippen LogP contribution >= 0.6 is 22.7 Å². The van der Waals surface area contributed by atoms with Gasteiger partial charge in [-0.05, 0) is 38.0 Å². The van der Waals surface area contributed by atoms with Gasteiger partial charge in [0.2, 0.25) is 0 Å². The predicted octanol–water partition coefficient (Wildman–Crippen LogP) is 4.36. The number of rotatable bonds is 5. The van der Waals surface area contributed by atoms with Crippen LogP contribution in [0.3, 0.4) is 0 Å². The van der Waals surface area contributed by atoms with Crippen molar-refractivity contribution in [1.29, 1.82) is 0 Å². The first-order chi connectivity index (χ1) is 13.8. The van der Waals surface area contributed by atoms with Gasteiger partial charge in [-0.1, -0.05) is 12.1 Å². The highest BCUT2D eigenvalue weighted by Gasteiger charge is 2.25. The van der Waals surface area contributed by atoms with E-state index in [0.717, 1.165) is 37.3 Å². The molecular formula is C19H18FN3O3S3. The average molecular weight is 452 g/mol. The number of hydrogen-bond donors (Lipinski definition) is 1. The van der Waals surface area contributed by atoms with Gasteiger partial charge in [0.1, 0.15) is 19.9 Å². The lowest BCUT2D eigenvalue weighted by Gasteiger charge is -2.13. The van der Waals surface area contributed by atoms with Crippen LogP contribution in [0, 0.1) is 12.7 Å². The third-order valence-corrected chi connectivity index (χ3v) is 8.59. The number of anilines is 1. The third kappa shape index (κ3) is 4.05. The summed E-state index contributed by atoms with van der Waals surface area (Å²) in [6.07, 6.45) is 2.02. The minimum absolute atomic E-state index is 0.0203. The quantitative estimate of drug-likeness (QED) is 0.625. The van der Waals surface area contributed by atoms with Crippen LogP contribution in [-0.4, -0.2) is 37.3 Å². The van der Waals surface area contributed by atoms with Crippen LogP contribution in [0.25, 0.3) is 10.6 Å². The first-order valence-corrected chi connectivity index (χ1v) is 12.2. The molecule has 29 heavy (non-hydrogen) atoms. The molecule has 10 heteroatoms. The van der Waals surface area contributed by atoms with Gasteiger partial charge in [0, 0.05) is 24.0 Å². The molecule has 6 nitrogen and oxygen atoms in total. The van der Waals surface area contributed by atoms with Crippen molar-refractivity contribution in [3.8, 4) is 10.6 Å². The molecule has 1 fully saturated rings. The number of para-hydroxylation sites is 1. The van der Waals surface area contributed by atoms with Crippen molar-refractivity contribution in [2.45, 2.75) is 24.0 Å². The lowest BCUT2D eigenvalue weighted by Crippen LogP contribution is -2.27. The zero-order valence-electron chi connectivity index (χ0n) is 15.5. The molecule has 1 aliphatic heterocycles. The van der Waals surface area contributed by atoms with Crippen LogP contribution in [0.5, 0.6) is 0 Å². The second-order valence-corrected chi connectivity index (χ2v) is 10.5. The number of aryl methyl sites for hydroxylation is 1. The van der Waals surface area contributed by atoms with Crippen LogP contribution in [0.2, 0.25) is 0 Å². The Kier molecular flexibility index (Phi) is 5.41. The van der Waals surface area contributed by atoms with E-state index in [2.05, 4.69) is 9.71 Å². The number of sulfonamides is 1. The molecule has 3 heterocycles. The smallest absolute Gasteiger partial charge is 0.271 e. The Morgan fingerprint density at radius 1 is 1.24 bits per heavy atom. The van der Waals surface area contributed by atoms with E-state index in [0.29, 0.717) is 21.1 Å². The van der Waals surface area contributed by atoms with Crippen molar-refractivity contribution >= 4 is 44.3 Å². The van der Waals surface area contributed by atoms with Gasteiger partial charge in [-0.3, -0.25) is 9.52 Å². The monoisotopic (exact) mass is 451 g/mol. The molecule has 0 bridgehead atoms. The molecule has 1 aromatic carbocycles. The second-order valence-electron chi connectivity index (χ2n) is 6.67. The molecule has 1 N–H and O–H groups in total. The molecule has 1 amide bonds. The topological polar surface area (TPSA) is 79.4 Å². The Hall–Kier alpha value is -2.30. The summed E-state index contributed by atoms with van der Waals surface area (Å²) in [6.45, 7) is 3.30. The summed E-state index contributed by atoms with van der Waals surface area (Å²) in [6, 6.07) is 7.09. The zero-order chi connectivity index (χ0) is 20.6. The number of carbonyl (C=O) groups is 1. The van der Waals surface area contributed by atoms with E-state index in [1.54, 1.807) is 18.4 Å². The van der Waals surface area contributed by atoms with E-state index in [9.17, 15) is 17.6 Å². The number of benzene rings is 1. The molecule has 0 saturated carbocycles. The van der Waals surface area contributed by atoms with Crippen molar-refractivity contribution in [2.75, 3.05) is 17.8 Å². The number of hydrogen-bond acceptors (Lipinski definition) is 6. The van der Waals surface area contributed by atoms with Crippen molar-refractivity contribution in [1.82, 2.24) is 9.88 Å². The van der Waals surface area contributed by atoms with Crippen LogP contribution in [0.15, 0.2) is 39.9 Å². The predicted molar refractivity (Wildman–Crippen MR) is 113 cm³/mol. The number of aromatic nitrogens is 1. The SMILES string of the molecule is Cc1nc(-c2csc(S(=O)(=O)Nc3ccccc3F)c2)sc1C(=O)N1CCCC1. The van der Waals surface area contributed by atoms with Gasteiger partial charge in [-0.2, -0.15) is 0 Å². The van der Waals surface area contributed by atoms with Gasteiger partial charge in [0.15, 0.2) is 0 Å². The first-order valence-electron chi connectivity index (χ1n) is 8.98. The average Bonchev–Trinajstić information content (AvgIpc) is 3.43. The summed E-state index contributed by atoms with van der Waals surface area (Å²) >= 11 is 2.29. The molecule has 0 aliphatic carbocycles. The van der Waals surface area contributed by atoms with Crippen LogP contribution in [-0.2, 0) is 10.0 Å². The molecule has 152 valence electrons. The fraction of sp³-hybridized carbons (Fsp3) is 0.263. The highest BCUT2D eigenvalue weighted by atomic mass is 32.2. The molecule has 2 aromatic heterocycles. The molecular weight excluding hydrogens is 433 g/mol. The summed E-state index contributed by atoms with van der Waals surface area (Å²) in [4.78, 5) is 19.5. The van der Waals surface area contributed by atoms with Crippen molar-refractivity contribution in [3.63, 3.8) is 0 Å². The summed E-state index contributed by atoms with van der Waals surface area (Å²) in [7, 11) is -3.93. The number of nitrogens with one attached hydrogen (secondary N) is 1. The van der Waals surface area contributed by atoms with E-state index in [4.69, 9.17) is 0 Å². The van der Waals surface area contributed by atoms with Gasteiger partial charge >= 0.3 is 0 Å².